The van der Waals surface area contributed by atoms with Crippen molar-refractivity contribution in [1.82, 2.24) is 9.97 Å². The summed E-state index contributed by atoms with van der Waals surface area (Å²) < 4.78 is 13.4. The molecule has 1 aliphatic rings. The molecule has 0 radical (unpaired) electrons. The monoisotopic (exact) mass is 384 g/mol. The lowest BCUT2D eigenvalue weighted by Crippen LogP contribution is -2.24. The van der Waals surface area contributed by atoms with E-state index < -0.39 is 5.82 Å². The molecule has 140 valence electrons. The molecule has 1 unspecified atom stereocenters. The zero-order chi connectivity index (χ0) is 18.8. The lowest BCUT2D eigenvalue weighted by Gasteiger charge is -2.22. The van der Waals surface area contributed by atoms with Gasteiger partial charge in [-0.25, -0.2) is 9.37 Å². The third-order valence-corrected chi connectivity index (χ3v) is 5.54. The van der Waals surface area contributed by atoms with Gasteiger partial charge in [0.25, 0.3) is 0 Å². The molecule has 1 saturated carbocycles. The van der Waals surface area contributed by atoms with Gasteiger partial charge in [0, 0.05) is 17.1 Å². The molecule has 0 saturated heterocycles. The van der Waals surface area contributed by atoms with Gasteiger partial charge in [0.05, 0.1) is 10.5 Å². The second kappa shape index (κ2) is 7.69. The van der Waals surface area contributed by atoms with Crippen molar-refractivity contribution in [2.45, 2.75) is 38.6 Å². The zero-order valence-electron chi connectivity index (χ0n) is 15.2. The molecule has 1 aromatic heterocycles. The molecule has 4 nitrogen and oxygen atoms in total. The topological polar surface area (TPSA) is 49.8 Å². The zero-order valence-corrected chi connectivity index (χ0v) is 15.9. The van der Waals surface area contributed by atoms with Gasteiger partial charge in [-0.1, -0.05) is 36.6 Å². The number of rotatable bonds is 5. The van der Waals surface area contributed by atoms with E-state index in [1.54, 1.807) is 6.07 Å². The maximum absolute atomic E-state index is 13.4. The molecule has 3 aromatic rings. The minimum absolute atomic E-state index is 0.0639. The van der Waals surface area contributed by atoms with Crippen LogP contribution in [0.25, 0.3) is 10.9 Å². The first kappa shape index (κ1) is 18.0. The molecule has 0 amide bonds. The molecule has 1 atom stereocenters. The van der Waals surface area contributed by atoms with Crippen LogP contribution >= 0.6 is 11.6 Å². The summed E-state index contributed by atoms with van der Waals surface area (Å²) in [7, 11) is 0. The van der Waals surface area contributed by atoms with Crippen LogP contribution in [0.2, 0.25) is 5.02 Å². The molecule has 4 rings (SSSR count). The Kier molecular flexibility index (Phi) is 5.12. The summed E-state index contributed by atoms with van der Waals surface area (Å²) in [5.41, 5.74) is 1.50. The van der Waals surface area contributed by atoms with E-state index in [0.717, 1.165) is 16.7 Å². The van der Waals surface area contributed by atoms with Crippen molar-refractivity contribution in [2.75, 3.05) is 10.6 Å². The average Bonchev–Trinajstić information content (AvgIpc) is 3.20. The van der Waals surface area contributed by atoms with E-state index in [9.17, 15) is 4.39 Å². The third kappa shape index (κ3) is 3.98. The van der Waals surface area contributed by atoms with Crippen LogP contribution in [0, 0.1) is 11.7 Å². The van der Waals surface area contributed by atoms with Crippen LogP contribution in [0.1, 0.15) is 32.6 Å². The van der Waals surface area contributed by atoms with Crippen molar-refractivity contribution in [3.8, 4) is 0 Å². The molecule has 6 heteroatoms. The Labute approximate surface area is 163 Å². The van der Waals surface area contributed by atoms with Gasteiger partial charge in [0.1, 0.15) is 11.6 Å². The van der Waals surface area contributed by atoms with E-state index in [1.807, 2.05) is 24.3 Å². The molecule has 0 aliphatic heterocycles. The lowest BCUT2D eigenvalue weighted by atomic mass is 10.00. The maximum Gasteiger partial charge on any atom is 0.229 e. The molecule has 2 aromatic carbocycles. The highest BCUT2D eigenvalue weighted by atomic mass is 35.5. The van der Waals surface area contributed by atoms with Crippen molar-refractivity contribution in [2.24, 2.45) is 5.92 Å². The van der Waals surface area contributed by atoms with Crippen LogP contribution in [0.15, 0.2) is 42.5 Å². The number of nitrogens with zero attached hydrogens (tertiary/aromatic N) is 2. The van der Waals surface area contributed by atoms with Crippen LogP contribution in [0.3, 0.4) is 0 Å². The quantitative estimate of drug-likeness (QED) is 0.553. The standard InChI is InChI=1S/C21H22ClFN4/c1-13(14-6-2-3-7-14)24-20-16-8-4-5-9-19(16)26-21(27-20)25-15-10-11-18(23)17(22)12-15/h4-5,8-14H,2-3,6-7H2,1H3,(H2,24,25,26,27). The fraction of sp³-hybridized carbons (Fsp3) is 0.333. The Morgan fingerprint density at radius 2 is 1.89 bits per heavy atom. The summed E-state index contributed by atoms with van der Waals surface area (Å²) in [5.74, 6) is 1.49. The van der Waals surface area contributed by atoms with Gasteiger partial charge in [-0.15, -0.1) is 0 Å². The average molecular weight is 385 g/mol. The maximum atomic E-state index is 13.4. The Hall–Kier alpha value is -2.40. The van der Waals surface area contributed by atoms with Gasteiger partial charge in [0.15, 0.2) is 0 Å². The summed E-state index contributed by atoms with van der Waals surface area (Å²) in [6.45, 7) is 2.22. The molecule has 1 aliphatic carbocycles. The fourth-order valence-electron chi connectivity index (χ4n) is 3.74. The summed E-state index contributed by atoms with van der Waals surface area (Å²) >= 11 is 5.88. The molecular formula is C21H22ClFN4. The number of aromatic nitrogens is 2. The lowest BCUT2D eigenvalue weighted by molar-refractivity contribution is 0.481. The Morgan fingerprint density at radius 1 is 1.11 bits per heavy atom. The molecule has 1 fully saturated rings. The summed E-state index contributed by atoms with van der Waals surface area (Å²) in [6.07, 6.45) is 5.13. The summed E-state index contributed by atoms with van der Waals surface area (Å²) in [4.78, 5) is 9.28. The van der Waals surface area contributed by atoms with E-state index in [4.69, 9.17) is 11.6 Å². The minimum Gasteiger partial charge on any atom is -0.367 e. The predicted octanol–water partition coefficient (Wildman–Crippen LogP) is 6.16. The van der Waals surface area contributed by atoms with E-state index in [2.05, 4.69) is 27.5 Å². The first-order valence-electron chi connectivity index (χ1n) is 9.35. The van der Waals surface area contributed by atoms with E-state index in [-0.39, 0.29) is 5.02 Å². The van der Waals surface area contributed by atoms with Crippen LogP contribution in [-0.2, 0) is 0 Å². The van der Waals surface area contributed by atoms with Crippen LogP contribution in [0.5, 0.6) is 0 Å². The number of halogens is 2. The number of anilines is 3. The highest BCUT2D eigenvalue weighted by Gasteiger charge is 2.22. The number of hydrogen-bond donors (Lipinski definition) is 2. The largest absolute Gasteiger partial charge is 0.367 e. The van der Waals surface area contributed by atoms with Crippen molar-refractivity contribution < 1.29 is 4.39 Å². The van der Waals surface area contributed by atoms with Crippen molar-refractivity contribution in [3.05, 3.63) is 53.3 Å². The molecule has 1 heterocycles. The van der Waals surface area contributed by atoms with Crippen molar-refractivity contribution >= 4 is 40.0 Å². The smallest absolute Gasteiger partial charge is 0.229 e. The number of benzene rings is 2. The van der Waals surface area contributed by atoms with Gasteiger partial charge < -0.3 is 10.6 Å². The van der Waals surface area contributed by atoms with Gasteiger partial charge in [-0.3, -0.25) is 0 Å². The van der Waals surface area contributed by atoms with Crippen LogP contribution in [-0.4, -0.2) is 16.0 Å². The predicted molar refractivity (Wildman–Crippen MR) is 109 cm³/mol. The van der Waals surface area contributed by atoms with E-state index in [0.29, 0.717) is 23.6 Å². The van der Waals surface area contributed by atoms with Crippen LogP contribution in [0.4, 0.5) is 21.8 Å². The van der Waals surface area contributed by atoms with Gasteiger partial charge in [-0.05, 0) is 56.0 Å². The van der Waals surface area contributed by atoms with Gasteiger partial charge in [0.2, 0.25) is 5.95 Å². The fourth-order valence-corrected chi connectivity index (χ4v) is 3.92. The normalized spacial score (nSPS) is 15.8. The Balaban J connectivity index is 1.66. The summed E-state index contributed by atoms with van der Waals surface area (Å²) in [6, 6.07) is 12.8. The third-order valence-electron chi connectivity index (χ3n) is 5.25. The SMILES string of the molecule is CC(Nc1nc(Nc2ccc(F)c(Cl)c2)nc2ccccc12)C1CCCC1. The number of hydrogen-bond acceptors (Lipinski definition) is 4. The second-order valence-electron chi connectivity index (χ2n) is 7.14. The van der Waals surface area contributed by atoms with Crippen molar-refractivity contribution in [1.29, 1.82) is 0 Å². The van der Waals surface area contributed by atoms with Gasteiger partial charge >= 0.3 is 0 Å². The molecular weight excluding hydrogens is 363 g/mol. The number of nitrogens with one attached hydrogen (secondary N) is 2. The van der Waals surface area contributed by atoms with E-state index in [1.165, 1.54) is 37.8 Å². The highest BCUT2D eigenvalue weighted by Crippen LogP contribution is 2.31. The molecule has 27 heavy (non-hydrogen) atoms. The summed E-state index contributed by atoms with van der Waals surface area (Å²) in [5, 5.41) is 7.78. The molecule has 0 spiro atoms. The van der Waals surface area contributed by atoms with Crippen LogP contribution < -0.4 is 10.6 Å². The molecule has 0 bridgehead atoms. The second-order valence-corrected chi connectivity index (χ2v) is 7.55. The van der Waals surface area contributed by atoms with E-state index >= 15 is 0 Å². The number of para-hydroxylation sites is 1. The Morgan fingerprint density at radius 3 is 2.67 bits per heavy atom. The number of fused-ring (bicyclic) bond motifs is 1. The minimum atomic E-state index is -0.450. The highest BCUT2D eigenvalue weighted by molar-refractivity contribution is 6.31. The first-order chi connectivity index (χ1) is 13.1. The van der Waals surface area contributed by atoms with Crippen molar-refractivity contribution in [3.63, 3.8) is 0 Å². The van der Waals surface area contributed by atoms with Gasteiger partial charge in [-0.2, -0.15) is 4.98 Å². The Bertz CT molecular complexity index is 956. The molecule has 2 N–H and O–H groups in total. The first-order valence-corrected chi connectivity index (χ1v) is 9.73.